The number of H-pyrrole nitrogens is 1. The monoisotopic (exact) mass is 307 g/mol. The van der Waals surface area contributed by atoms with Crippen LogP contribution in [0.15, 0.2) is 42.7 Å². The zero-order valence-electron chi connectivity index (χ0n) is 12.4. The molecule has 0 amide bonds. The number of nitrogens with zero attached hydrogens (tertiary/aromatic N) is 2. The maximum Gasteiger partial charge on any atom is 0.339 e. The van der Waals surface area contributed by atoms with Crippen molar-refractivity contribution in [1.82, 2.24) is 9.97 Å². The Morgan fingerprint density at radius 2 is 2.22 bits per heavy atom. The fraction of sp³-hybridized carbons (Fsp3) is 0.118. The molecule has 6 nitrogen and oxygen atoms in total. The van der Waals surface area contributed by atoms with Gasteiger partial charge in [-0.2, -0.15) is 5.26 Å². The van der Waals surface area contributed by atoms with Gasteiger partial charge in [0.25, 0.3) is 0 Å². The maximum absolute atomic E-state index is 12.3. The molecule has 0 spiro atoms. The van der Waals surface area contributed by atoms with Gasteiger partial charge in [-0.05, 0) is 30.3 Å². The van der Waals surface area contributed by atoms with Crippen LogP contribution in [0.25, 0.3) is 11.0 Å². The largest absolute Gasteiger partial charge is 0.496 e. The molecule has 23 heavy (non-hydrogen) atoms. The van der Waals surface area contributed by atoms with Gasteiger partial charge in [-0.1, -0.05) is 0 Å². The number of rotatable bonds is 4. The number of benzene rings is 1. The van der Waals surface area contributed by atoms with Gasteiger partial charge in [-0.3, -0.25) is 0 Å². The number of nitrogens with one attached hydrogen (secondary N) is 1. The molecule has 0 fully saturated rings. The third kappa shape index (κ3) is 2.85. The Bertz CT molecular complexity index is 909. The number of aromatic nitrogens is 2. The van der Waals surface area contributed by atoms with Crippen LogP contribution in [0.1, 0.15) is 21.5 Å². The lowest BCUT2D eigenvalue weighted by Crippen LogP contribution is -2.07. The normalized spacial score (nSPS) is 10.3. The summed E-state index contributed by atoms with van der Waals surface area (Å²) in [6.07, 6.45) is 3.26. The number of carbonyl (C=O) groups excluding carboxylic acids is 1. The molecular formula is C17H13N3O3. The summed E-state index contributed by atoms with van der Waals surface area (Å²) in [6.45, 7) is 0.0196. The number of hydrogen-bond donors (Lipinski definition) is 1. The first kappa shape index (κ1) is 14.6. The third-order valence-corrected chi connectivity index (χ3v) is 3.45. The molecule has 0 aliphatic carbocycles. The topological polar surface area (TPSA) is 88.0 Å². The highest BCUT2D eigenvalue weighted by molar-refractivity contribution is 6.02. The minimum atomic E-state index is -0.457. The fourth-order valence-electron chi connectivity index (χ4n) is 2.32. The minimum Gasteiger partial charge on any atom is -0.496 e. The summed E-state index contributed by atoms with van der Waals surface area (Å²) < 4.78 is 10.6. The molecule has 2 heterocycles. The number of esters is 1. The van der Waals surface area contributed by atoms with E-state index in [0.717, 1.165) is 0 Å². The molecular weight excluding hydrogens is 294 g/mol. The van der Waals surface area contributed by atoms with Gasteiger partial charge in [-0.15, -0.1) is 0 Å². The molecule has 0 atom stereocenters. The lowest BCUT2D eigenvalue weighted by atomic mass is 10.1. The van der Waals surface area contributed by atoms with Gasteiger partial charge in [0.05, 0.1) is 24.3 Å². The smallest absolute Gasteiger partial charge is 0.339 e. The van der Waals surface area contributed by atoms with E-state index in [4.69, 9.17) is 14.7 Å². The lowest BCUT2D eigenvalue weighted by Gasteiger charge is -2.10. The summed E-state index contributed by atoms with van der Waals surface area (Å²) in [5.41, 5.74) is 2.18. The fourth-order valence-corrected chi connectivity index (χ4v) is 2.32. The Morgan fingerprint density at radius 1 is 1.35 bits per heavy atom. The predicted molar refractivity (Wildman–Crippen MR) is 82.9 cm³/mol. The molecule has 3 aromatic rings. The first-order chi connectivity index (χ1) is 11.2. The van der Waals surface area contributed by atoms with Crippen molar-refractivity contribution in [1.29, 1.82) is 5.26 Å². The van der Waals surface area contributed by atoms with Crippen LogP contribution in [0, 0.1) is 11.3 Å². The second-order valence-corrected chi connectivity index (χ2v) is 4.81. The Kier molecular flexibility index (Phi) is 3.93. The molecule has 0 aliphatic rings. The molecule has 0 bridgehead atoms. The van der Waals surface area contributed by atoms with Crippen LogP contribution in [-0.4, -0.2) is 23.0 Å². The van der Waals surface area contributed by atoms with Crippen molar-refractivity contribution in [2.45, 2.75) is 6.61 Å². The Labute approximate surface area is 132 Å². The van der Waals surface area contributed by atoms with Crippen molar-refractivity contribution in [2.75, 3.05) is 7.11 Å². The van der Waals surface area contributed by atoms with Crippen LogP contribution >= 0.6 is 0 Å². The molecule has 6 heteroatoms. The third-order valence-electron chi connectivity index (χ3n) is 3.45. The van der Waals surface area contributed by atoms with Gasteiger partial charge in [0.15, 0.2) is 0 Å². The number of aromatic amines is 1. The van der Waals surface area contributed by atoms with Crippen molar-refractivity contribution >= 4 is 17.0 Å². The highest BCUT2D eigenvalue weighted by Crippen LogP contribution is 2.22. The summed E-state index contributed by atoms with van der Waals surface area (Å²) in [6, 6.07) is 10.4. The second-order valence-electron chi connectivity index (χ2n) is 4.81. The molecule has 1 N–H and O–H groups in total. The molecule has 114 valence electrons. The van der Waals surface area contributed by atoms with Crippen LogP contribution in [0.2, 0.25) is 0 Å². The summed E-state index contributed by atoms with van der Waals surface area (Å²) in [5.74, 6) is 0.111. The van der Waals surface area contributed by atoms with E-state index in [1.165, 1.54) is 7.11 Å². The number of methoxy groups -OCH3 is 1. The molecule has 0 saturated heterocycles. The quantitative estimate of drug-likeness (QED) is 0.749. The lowest BCUT2D eigenvalue weighted by molar-refractivity contribution is 0.0472. The molecule has 0 unspecified atom stereocenters. The number of fused-ring (bicyclic) bond motifs is 1. The molecule has 3 rings (SSSR count). The Morgan fingerprint density at radius 3 is 3.00 bits per heavy atom. The molecule has 1 aromatic carbocycles. The number of pyridine rings is 1. The standard InChI is InChI=1S/C17H13N3O3/c1-22-15-3-2-11(9-18)8-12(15)10-23-17(21)14-5-7-20-16-13(14)4-6-19-16/h2-8H,10H2,1H3,(H,19,20). The van der Waals surface area contributed by atoms with E-state index >= 15 is 0 Å². The van der Waals surface area contributed by atoms with Crippen LogP contribution in [0.3, 0.4) is 0 Å². The van der Waals surface area contributed by atoms with Crippen molar-refractivity contribution in [3.05, 3.63) is 59.4 Å². The number of ether oxygens (including phenoxy) is 2. The summed E-state index contributed by atoms with van der Waals surface area (Å²) >= 11 is 0. The summed E-state index contributed by atoms with van der Waals surface area (Å²) in [4.78, 5) is 19.4. The van der Waals surface area contributed by atoms with Crippen molar-refractivity contribution in [3.63, 3.8) is 0 Å². The zero-order chi connectivity index (χ0) is 16.2. The zero-order valence-corrected chi connectivity index (χ0v) is 12.4. The van der Waals surface area contributed by atoms with Crippen LogP contribution < -0.4 is 4.74 Å². The van der Waals surface area contributed by atoms with Gasteiger partial charge in [-0.25, -0.2) is 9.78 Å². The number of hydrogen-bond acceptors (Lipinski definition) is 5. The Balaban J connectivity index is 1.82. The van der Waals surface area contributed by atoms with Gasteiger partial charge < -0.3 is 14.5 Å². The van der Waals surface area contributed by atoms with Crippen molar-refractivity contribution in [2.24, 2.45) is 0 Å². The van der Waals surface area contributed by atoms with Crippen LogP contribution in [0.4, 0.5) is 0 Å². The molecule has 0 saturated carbocycles. The predicted octanol–water partition coefficient (Wildman–Crippen LogP) is 2.80. The van der Waals surface area contributed by atoms with Gasteiger partial charge in [0.2, 0.25) is 0 Å². The van der Waals surface area contributed by atoms with E-state index in [9.17, 15) is 4.79 Å². The average Bonchev–Trinajstić information content (AvgIpc) is 3.07. The molecule has 2 aromatic heterocycles. The Hall–Kier alpha value is -3.33. The minimum absolute atomic E-state index is 0.0196. The number of nitriles is 1. The van der Waals surface area contributed by atoms with E-state index in [2.05, 4.69) is 16.0 Å². The first-order valence-corrected chi connectivity index (χ1v) is 6.89. The first-order valence-electron chi connectivity index (χ1n) is 6.89. The van der Waals surface area contributed by atoms with Gasteiger partial charge >= 0.3 is 5.97 Å². The second kappa shape index (κ2) is 6.20. The molecule has 0 radical (unpaired) electrons. The van der Waals surface area contributed by atoms with E-state index in [1.807, 2.05) is 0 Å². The van der Waals surface area contributed by atoms with E-state index in [1.54, 1.807) is 42.7 Å². The van der Waals surface area contributed by atoms with Crippen LogP contribution in [-0.2, 0) is 11.3 Å². The van der Waals surface area contributed by atoms with E-state index < -0.39 is 5.97 Å². The maximum atomic E-state index is 12.3. The number of carbonyl (C=O) groups is 1. The SMILES string of the molecule is COc1ccc(C#N)cc1COC(=O)c1ccnc2[nH]ccc12. The van der Waals surface area contributed by atoms with E-state index in [-0.39, 0.29) is 6.61 Å². The van der Waals surface area contributed by atoms with E-state index in [0.29, 0.717) is 33.5 Å². The van der Waals surface area contributed by atoms with Gasteiger partial charge in [0, 0.05) is 23.3 Å². The highest BCUT2D eigenvalue weighted by Gasteiger charge is 2.14. The van der Waals surface area contributed by atoms with Crippen molar-refractivity contribution in [3.8, 4) is 11.8 Å². The highest BCUT2D eigenvalue weighted by atomic mass is 16.5. The van der Waals surface area contributed by atoms with Gasteiger partial charge in [0.1, 0.15) is 18.0 Å². The summed E-state index contributed by atoms with van der Waals surface area (Å²) in [5, 5.41) is 9.67. The van der Waals surface area contributed by atoms with Crippen molar-refractivity contribution < 1.29 is 14.3 Å². The molecule has 0 aliphatic heterocycles. The summed E-state index contributed by atoms with van der Waals surface area (Å²) in [7, 11) is 1.53. The van der Waals surface area contributed by atoms with Crippen LogP contribution in [0.5, 0.6) is 5.75 Å². The average molecular weight is 307 g/mol.